The molecule has 0 unspecified atom stereocenters. The lowest BCUT2D eigenvalue weighted by atomic mass is 10.0. The molecule has 1 heterocycles. The first kappa shape index (κ1) is 26.0. The summed E-state index contributed by atoms with van der Waals surface area (Å²) in [7, 11) is -2.47. The summed E-state index contributed by atoms with van der Waals surface area (Å²) in [6.45, 7) is 2.69. The zero-order valence-corrected chi connectivity index (χ0v) is 20.0. The number of methoxy groups -OCH3 is 1. The number of piperidine rings is 1. The highest BCUT2D eigenvalue weighted by Crippen LogP contribution is 2.31. The molecule has 0 aliphatic carbocycles. The number of ether oxygens (including phenoxy) is 1. The van der Waals surface area contributed by atoms with Crippen LogP contribution < -0.4 is 0 Å². The predicted octanol–water partition coefficient (Wildman–Crippen LogP) is 4.70. The van der Waals surface area contributed by atoms with Gasteiger partial charge in [-0.25, -0.2) is 8.42 Å². The average molecular weight is 505 g/mol. The third-order valence-electron chi connectivity index (χ3n) is 5.90. The molecule has 1 aliphatic rings. The van der Waals surface area contributed by atoms with Gasteiger partial charge < -0.3 is 9.64 Å². The number of likely N-dealkylation sites (tertiary alicyclic amines) is 1. The minimum absolute atomic E-state index is 0.142. The van der Waals surface area contributed by atoms with Gasteiger partial charge in [-0.1, -0.05) is 23.7 Å². The van der Waals surface area contributed by atoms with Crippen molar-refractivity contribution in [2.24, 2.45) is 0 Å². The Hall–Kier alpha value is -1.65. The highest BCUT2D eigenvalue weighted by Gasteiger charge is 2.35. The summed E-state index contributed by atoms with van der Waals surface area (Å²) >= 11 is 5.93. The van der Waals surface area contributed by atoms with E-state index in [9.17, 15) is 21.6 Å². The van der Waals surface area contributed by atoms with Gasteiger partial charge in [-0.2, -0.15) is 17.5 Å². The van der Waals surface area contributed by atoms with Gasteiger partial charge >= 0.3 is 6.18 Å². The highest BCUT2D eigenvalue weighted by molar-refractivity contribution is 7.89. The minimum atomic E-state index is -4.52. The SMILES string of the molecule is COCCN(C1CCN(CCc2ccc(Cl)cc2)CC1)S(=O)(=O)c1ccc(C(F)(F)F)cc1. The van der Waals surface area contributed by atoms with Gasteiger partial charge in [-0.3, -0.25) is 0 Å². The Morgan fingerprint density at radius 2 is 1.67 bits per heavy atom. The van der Waals surface area contributed by atoms with Gasteiger partial charge in [0.2, 0.25) is 10.0 Å². The van der Waals surface area contributed by atoms with Crippen LogP contribution in [0.5, 0.6) is 0 Å². The van der Waals surface area contributed by atoms with E-state index in [1.165, 1.54) is 17.0 Å². The third-order valence-corrected chi connectivity index (χ3v) is 8.12. The van der Waals surface area contributed by atoms with Gasteiger partial charge in [-0.15, -0.1) is 0 Å². The monoisotopic (exact) mass is 504 g/mol. The summed E-state index contributed by atoms with van der Waals surface area (Å²) in [5, 5.41) is 0.699. The Kier molecular flexibility index (Phi) is 8.80. The molecule has 33 heavy (non-hydrogen) atoms. The van der Waals surface area contributed by atoms with E-state index in [1.54, 1.807) is 0 Å². The first-order chi connectivity index (χ1) is 15.6. The van der Waals surface area contributed by atoms with Crippen molar-refractivity contribution in [1.82, 2.24) is 9.21 Å². The molecule has 2 aromatic rings. The Balaban J connectivity index is 1.65. The van der Waals surface area contributed by atoms with Crippen LogP contribution in [0.25, 0.3) is 0 Å². The van der Waals surface area contributed by atoms with Crippen LogP contribution >= 0.6 is 11.6 Å². The van der Waals surface area contributed by atoms with Gasteiger partial charge in [0.1, 0.15) is 0 Å². The number of sulfonamides is 1. The van der Waals surface area contributed by atoms with Crippen molar-refractivity contribution < 1.29 is 26.3 Å². The fraction of sp³-hybridized carbons (Fsp3) is 0.478. The molecule has 1 aliphatic heterocycles. The quantitative estimate of drug-likeness (QED) is 0.496. The van der Waals surface area contributed by atoms with Crippen molar-refractivity contribution in [3.63, 3.8) is 0 Å². The second-order valence-electron chi connectivity index (χ2n) is 8.08. The number of alkyl halides is 3. The lowest BCUT2D eigenvalue weighted by molar-refractivity contribution is -0.137. The van der Waals surface area contributed by atoms with Crippen molar-refractivity contribution in [3.8, 4) is 0 Å². The Bertz CT molecular complexity index is 991. The molecule has 0 spiro atoms. The number of benzene rings is 2. The number of nitrogens with zero attached hydrogens (tertiary/aromatic N) is 2. The largest absolute Gasteiger partial charge is 0.416 e. The van der Waals surface area contributed by atoms with Gasteiger partial charge in [0.15, 0.2) is 0 Å². The number of hydrogen-bond donors (Lipinski definition) is 0. The summed E-state index contributed by atoms with van der Waals surface area (Å²) in [6.07, 6.45) is -2.36. The van der Waals surface area contributed by atoms with E-state index in [-0.39, 0.29) is 24.1 Å². The molecular weight excluding hydrogens is 477 g/mol. The second-order valence-corrected chi connectivity index (χ2v) is 10.4. The van der Waals surface area contributed by atoms with E-state index in [2.05, 4.69) is 4.90 Å². The summed E-state index contributed by atoms with van der Waals surface area (Å²) in [5.74, 6) is 0. The maximum Gasteiger partial charge on any atom is 0.416 e. The summed E-state index contributed by atoms with van der Waals surface area (Å²) < 4.78 is 71.7. The molecule has 1 saturated heterocycles. The first-order valence-corrected chi connectivity index (χ1v) is 12.6. The van der Waals surface area contributed by atoms with E-state index in [4.69, 9.17) is 16.3 Å². The Morgan fingerprint density at radius 1 is 1.06 bits per heavy atom. The van der Waals surface area contributed by atoms with Crippen LogP contribution in [0.4, 0.5) is 13.2 Å². The van der Waals surface area contributed by atoms with Crippen LogP contribution in [-0.4, -0.2) is 63.6 Å². The summed E-state index contributed by atoms with van der Waals surface area (Å²) in [5.41, 5.74) is 0.312. The lowest BCUT2D eigenvalue weighted by Gasteiger charge is -2.37. The van der Waals surface area contributed by atoms with E-state index in [0.29, 0.717) is 17.9 Å². The van der Waals surface area contributed by atoms with Crippen molar-refractivity contribution in [2.75, 3.05) is 39.9 Å². The lowest BCUT2D eigenvalue weighted by Crippen LogP contribution is -2.48. The molecule has 10 heteroatoms. The molecule has 3 rings (SSSR count). The van der Waals surface area contributed by atoms with E-state index < -0.39 is 21.8 Å². The Labute approximate surface area is 198 Å². The van der Waals surface area contributed by atoms with Crippen LogP contribution in [0.15, 0.2) is 53.4 Å². The maximum absolute atomic E-state index is 13.3. The topological polar surface area (TPSA) is 49.9 Å². The molecule has 0 aromatic heterocycles. The molecule has 0 radical (unpaired) electrons. The number of hydrogen-bond acceptors (Lipinski definition) is 4. The van der Waals surface area contributed by atoms with Crippen molar-refractivity contribution in [2.45, 2.75) is 36.4 Å². The molecule has 1 fully saturated rings. The summed E-state index contributed by atoms with van der Waals surface area (Å²) in [6, 6.07) is 11.2. The zero-order chi connectivity index (χ0) is 24.1. The zero-order valence-electron chi connectivity index (χ0n) is 18.4. The number of halogens is 4. The van der Waals surface area contributed by atoms with Crippen LogP contribution in [0.1, 0.15) is 24.0 Å². The van der Waals surface area contributed by atoms with E-state index in [0.717, 1.165) is 50.3 Å². The van der Waals surface area contributed by atoms with Crippen LogP contribution in [0.2, 0.25) is 5.02 Å². The Morgan fingerprint density at radius 3 is 2.21 bits per heavy atom. The van der Waals surface area contributed by atoms with E-state index >= 15 is 0 Å². The van der Waals surface area contributed by atoms with Gasteiger partial charge in [0, 0.05) is 31.3 Å². The average Bonchev–Trinajstić information content (AvgIpc) is 2.79. The standard InChI is InChI=1S/C23H28ClF3N2O3S/c1-32-17-16-29(33(30,31)22-8-4-19(5-9-22)23(25,26)27)21-11-14-28(15-12-21)13-10-18-2-6-20(24)7-3-18/h2-9,21H,10-17H2,1H3. The van der Waals surface area contributed by atoms with Gasteiger partial charge in [0.05, 0.1) is 17.1 Å². The molecule has 0 atom stereocenters. The molecule has 0 N–H and O–H groups in total. The fourth-order valence-corrected chi connectivity index (χ4v) is 5.80. The maximum atomic E-state index is 13.3. The molecule has 2 aromatic carbocycles. The first-order valence-electron chi connectivity index (χ1n) is 10.8. The highest BCUT2D eigenvalue weighted by atomic mass is 35.5. The van der Waals surface area contributed by atoms with Crippen molar-refractivity contribution in [3.05, 3.63) is 64.7 Å². The van der Waals surface area contributed by atoms with Gasteiger partial charge in [-0.05, 0) is 74.3 Å². The van der Waals surface area contributed by atoms with Crippen LogP contribution in [0, 0.1) is 0 Å². The van der Waals surface area contributed by atoms with Crippen LogP contribution in [-0.2, 0) is 27.4 Å². The predicted molar refractivity (Wildman–Crippen MR) is 122 cm³/mol. The van der Waals surface area contributed by atoms with Crippen molar-refractivity contribution >= 4 is 21.6 Å². The molecule has 182 valence electrons. The molecule has 0 bridgehead atoms. The fourth-order valence-electron chi connectivity index (χ4n) is 4.00. The molecule has 0 amide bonds. The molecule has 5 nitrogen and oxygen atoms in total. The van der Waals surface area contributed by atoms with E-state index in [1.807, 2.05) is 24.3 Å². The minimum Gasteiger partial charge on any atom is -0.383 e. The van der Waals surface area contributed by atoms with Gasteiger partial charge in [0.25, 0.3) is 0 Å². The van der Waals surface area contributed by atoms with Crippen LogP contribution in [0.3, 0.4) is 0 Å². The second kappa shape index (κ2) is 11.2. The smallest absolute Gasteiger partial charge is 0.383 e. The number of rotatable bonds is 9. The molecule has 0 saturated carbocycles. The third kappa shape index (κ3) is 6.93. The normalized spacial score (nSPS) is 16.4. The summed E-state index contributed by atoms with van der Waals surface area (Å²) in [4.78, 5) is 2.15. The molecular formula is C23H28ClF3N2O3S. The van der Waals surface area contributed by atoms with Crippen molar-refractivity contribution in [1.29, 1.82) is 0 Å².